The molecule has 0 radical (unpaired) electrons. The number of hydrogen-bond donors (Lipinski definition) is 3. The molecule has 1 aromatic rings. The number of hydrogen-bond acceptors (Lipinski definition) is 4. The van der Waals surface area contributed by atoms with Crippen LogP contribution in [0.3, 0.4) is 0 Å². The van der Waals surface area contributed by atoms with Gasteiger partial charge in [0.05, 0.1) is 0 Å². The number of aryl methyl sites for hydroxylation is 1. The average molecular weight is 239 g/mol. The molecule has 0 aliphatic carbocycles. The Hall–Kier alpha value is -2.12. The molecule has 1 aliphatic heterocycles. The fourth-order valence-electron chi connectivity index (χ4n) is 2.10. The van der Waals surface area contributed by atoms with Gasteiger partial charge in [0.25, 0.3) is 0 Å². The lowest BCUT2D eigenvalue weighted by Gasteiger charge is -2.28. The van der Waals surface area contributed by atoms with Gasteiger partial charge in [-0.05, 0) is 12.3 Å². The van der Waals surface area contributed by atoms with Gasteiger partial charge in [-0.25, -0.2) is 4.79 Å². The minimum Gasteiger partial charge on any atom is -0.465 e. The lowest BCUT2D eigenvalue weighted by atomic mass is 9.89. The standard InChI is InChI=1S/C9H13N5O3/c10-8(15)7(12-9(16)17)5-1-2-14-4-11-13-6(14)3-5/h4-5,7,12H,1-3H2,(H2,10,15)(H,16,17). The van der Waals surface area contributed by atoms with Crippen LogP contribution in [0.25, 0.3) is 0 Å². The molecule has 0 fully saturated rings. The van der Waals surface area contributed by atoms with Crippen LogP contribution in [-0.2, 0) is 17.8 Å². The van der Waals surface area contributed by atoms with E-state index >= 15 is 0 Å². The third-order valence-electron chi connectivity index (χ3n) is 2.94. The van der Waals surface area contributed by atoms with E-state index in [4.69, 9.17) is 10.8 Å². The number of nitrogens with one attached hydrogen (secondary N) is 1. The Kier molecular flexibility index (Phi) is 2.94. The lowest BCUT2D eigenvalue weighted by Crippen LogP contribution is -2.50. The Labute approximate surface area is 96.8 Å². The van der Waals surface area contributed by atoms with E-state index in [2.05, 4.69) is 15.5 Å². The molecule has 1 aromatic heterocycles. The van der Waals surface area contributed by atoms with Gasteiger partial charge in [0.2, 0.25) is 5.91 Å². The van der Waals surface area contributed by atoms with Crippen molar-refractivity contribution in [3.63, 3.8) is 0 Å². The average Bonchev–Trinajstić information content (AvgIpc) is 2.72. The van der Waals surface area contributed by atoms with Crippen molar-refractivity contribution in [2.24, 2.45) is 11.7 Å². The molecule has 92 valence electrons. The third-order valence-corrected chi connectivity index (χ3v) is 2.94. The summed E-state index contributed by atoms with van der Waals surface area (Å²) in [7, 11) is 0. The highest BCUT2D eigenvalue weighted by molar-refractivity contribution is 5.84. The number of carboxylic acid groups (broad SMARTS) is 1. The Bertz CT molecular complexity index is 444. The fourth-order valence-corrected chi connectivity index (χ4v) is 2.10. The second-order valence-electron chi connectivity index (χ2n) is 4.02. The third kappa shape index (κ3) is 2.35. The van der Waals surface area contributed by atoms with E-state index in [-0.39, 0.29) is 5.92 Å². The van der Waals surface area contributed by atoms with Crippen molar-refractivity contribution in [2.75, 3.05) is 0 Å². The highest BCUT2D eigenvalue weighted by Crippen LogP contribution is 2.21. The number of rotatable bonds is 3. The molecule has 2 heterocycles. The molecule has 8 nitrogen and oxygen atoms in total. The summed E-state index contributed by atoms with van der Waals surface area (Å²) in [5.41, 5.74) is 5.20. The maximum atomic E-state index is 11.2. The number of fused-ring (bicyclic) bond motifs is 1. The minimum absolute atomic E-state index is 0.166. The molecule has 0 saturated carbocycles. The lowest BCUT2D eigenvalue weighted by molar-refractivity contribution is -0.121. The summed E-state index contributed by atoms with van der Waals surface area (Å²) in [6.07, 6.45) is 1.53. The smallest absolute Gasteiger partial charge is 0.405 e. The molecular weight excluding hydrogens is 226 g/mol. The van der Waals surface area contributed by atoms with Gasteiger partial charge in [-0.15, -0.1) is 10.2 Å². The van der Waals surface area contributed by atoms with Gasteiger partial charge in [-0.1, -0.05) is 0 Å². The first-order valence-electron chi connectivity index (χ1n) is 5.23. The van der Waals surface area contributed by atoms with Gasteiger partial charge in [0, 0.05) is 13.0 Å². The predicted molar refractivity (Wildman–Crippen MR) is 56.0 cm³/mol. The molecule has 2 rings (SSSR count). The highest BCUT2D eigenvalue weighted by atomic mass is 16.4. The first-order valence-corrected chi connectivity index (χ1v) is 5.23. The maximum Gasteiger partial charge on any atom is 0.405 e. The number of amides is 2. The molecule has 2 atom stereocenters. The molecule has 0 spiro atoms. The molecule has 2 unspecified atom stereocenters. The van der Waals surface area contributed by atoms with Crippen molar-refractivity contribution < 1.29 is 14.7 Å². The molecule has 0 aromatic carbocycles. The van der Waals surface area contributed by atoms with Gasteiger partial charge in [0.1, 0.15) is 18.2 Å². The number of carbonyl (C=O) groups is 2. The Balaban J connectivity index is 2.11. The van der Waals surface area contributed by atoms with Gasteiger partial charge < -0.3 is 20.7 Å². The molecule has 0 bridgehead atoms. The second kappa shape index (κ2) is 4.40. The van der Waals surface area contributed by atoms with E-state index in [1.807, 2.05) is 4.57 Å². The summed E-state index contributed by atoms with van der Waals surface area (Å²) in [5, 5.41) is 18.5. The predicted octanol–water partition coefficient (Wildman–Crippen LogP) is -1.04. The monoisotopic (exact) mass is 239 g/mol. The van der Waals surface area contributed by atoms with Crippen molar-refractivity contribution in [3.8, 4) is 0 Å². The molecular formula is C9H13N5O3. The first-order chi connectivity index (χ1) is 8.08. The first kappa shape index (κ1) is 11.4. The SMILES string of the molecule is NC(=O)C(NC(=O)O)C1CCn2cnnc2C1. The molecule has 2 amide bonds. The zero-order chi connectivity index (χ0) is 12.4. The van der Waals surface area contributed by atoms with E-state index in [0.717, 1.165) is 5.82 Å². The van der Waals surface area contributed by atoms with E-state index in [1.165, 1.54) is 0 Å². The largest absolute Gasteiger partial charge is 0.465 e. The second-order valence-corrected chi connectivity index (χ2v) is 4.02. The van der Waals surface area contributed by atoms with Crippen LogP contribution in [-0.4, -0.2) is 37.9 Å². The van der Waals surface area contributed by atoms with Crippen LogP contribution < -0.4 is 11.1 Å². The van der Waals surface area contributed by atoms with Crippen LogP contribution >= 0.6 is 0 Å². The van der Waals surface area contributed by atoms with Crippen molar-refractivity contribution in [2.45, 2.75) is 25.4 Å². The number of aromatic nitrogens is 3. The van der Waals surface area contributed by atoms with E-state index in [1.54, 1.807) is 6.33 Å². The number of carbonyl (C=O) groups excluding carboxylic acids is 1. The summed E-state index contributed by atoms with van der Waals surface area (Å²) < 4.78 is 1.88. The minimum atomic E-state index is -1.25. The van der Waals surface area contributed by atoms with Crippen LogP contribution in [0.2, 0.25) is 0 Å². The summed E-state index contributed by atoms with van der Waals surface area (Å²) in [4.78, 5) is 21.8. The Morgan fingerprint density at radius 2 is 2.41 bits per heavy atom. The molecule has 1 aliphatic rings. The summed E-state index contributed by atoms with van der Waals surface area (Å²) in [5.74, 6) is -0.0784. The summed E-state index contributed by atoms with van der Waals surface area (Å²) in [6, 6.07) is -0.877. The van der Waals surface area contributed by atoms with Crippen LogP contribution in [0.4, 0.5) is 4.79 Å². The summed E-state index contributed by atoms with van der Waals surface area (Å²) in [6.45, 7) is 0.665. The van der Waals surface area contributed by atoms with Crippen LogP contribution in [0, 0.1) is 5.92 Å². The summed E-state index contributed by atoms with van der Waals surface area (Å²) >= 11 is 0. The Morgan fingerprint density at radius 1 is 1.65 bits per heavy atom. The topological polar surface area (TPSA) is 123 Å². The quantitative estimate of drug-likeness (QED) is 0.621. The van der Waals surface area contributed by atoms with Crippen molar-refractivity contribution in [1.82, 2.24) is 20.1 Å². The van der Waals surface area contributed by atoms with Crippen molar-refractivity contribution in [1.29, 1.82) is 0 Å². The van der Waals surface area contributed by atoms with E-state index in [9.17, 15) is 9.59 Å². The van der Waals surface area contributed by atoms with Gasteiger partial charge >= 0.3 is 6.09 Å². The fraction of sp³-hybridized carbons (Fsp3) is 0.556. The molecule has 17 heavy (non-hydrogen) atoms. The van der Waals surface area contributed by atoms with Crippen LogP contribution in [0.5, 0.6) is 0 Å². The van der Waals surface area contributed by atoms with Gasteiger partial charge in [0.15, 0.2) is 0 Å². The maximum absolute atomic E-state index is 11.2. The van der Waals surface area contributed by atoms with Crippen molar-refractivity contribution in [3.05, 3.63) is 12.2 Å². The highest BCUT2D eigenvalue weighted by Gasteiger charge is 2.32. The van der Waals surface area contributed by atoms with E-state index in [0.29, 0.717) is 19.4 Å². The van der Waals surface area contributed by atoms with Crippen LogP contribution in [0.15, 0.2) is 6.33 Å². The van der Waals surface area contributed by atoms with Crippen LogP contribution in [0.1, 0.15) is 12.2 Å². The molecule has 0 saturated heterocycles. The van der Waals surface area contributed by atoms with Crippen molar-refractivity contribution >= 4 is 12.0 Å². The van der Waals surface area contributed by atoms with E-state index < -0.39 is 18.0 Å². The molecule has 8 heteroatoms. The Morgan fingerprint density at radius 3 is 3.06 bits per heavy atom. The normalized spacial score (nSPS) is 20.4. The van der Waals surface area contributed by atoms with Gasteiger partial charge in [-0.2, -0.15) is 0 Å². The zero-order valence-electron chi connectivity index (χ0n) is 9.04. The zero-order valence-corrected chi connectivity index (χ0v) is 9.04. The number of primary amides is 1. The van der Waals surface area contributed by atoms with Gasteiger partial charge in [-0.3, -0.25) is 4.79 Å². The number of nitrogens with two attached hydrogens (primary N) is 1. The number of nitrogens with zero attached hydrogens (tertiary/aromatic N) is 3. The molecule has 4 N–H and O–H groups in total.